The average Bonchev–Trinajstić information content (AvgIpc) is 2.57. The van der Waals surface area contributed by atoms with Gasteiger partial charge in [-0.2, -0.15) is 5.26 Å². The van der Waals surface area contributed by atoms with E-state index >= 15 is 0 Å². The molecule has 0 N–H and O–H groups in total. The molecule has 2 nitrogen and oxygen atoms in total. The van der Waals surface area contributed by atoms with Gasteiger partial charge in [0, 0.05) is 18.4 Å². The predicted molar refractivity (Wildman–Crippen MR) is 60.3 cm³/mol. The Bertz CT molecular complexity index is 515. The van der Waals surface area contributed by atoms with Gasteiger partial charge in [-0.15, -0.1) is 0 Å². The molecule has 1 aromatic heterocycles. The van der Waals surface area contributed by atoms with Gasteiger partial charge in [0.05, 0.1) is 5.56 Å². The molecule has 15 heavy (non-hydrogen) atoms. The van der Waals surface area contributed by atoms with Crippen LogP contribution in [0.4, 0.5) is 0 Å². The number of aromatic nitrogens is 1. The highest BCUT2D eigenvalue weighted by atomic mass is 15.0. The minimum Gasteiger partial charge on any atom is -0.347 e. The molecule has 1 aromatic carbocycles. The molecule has 0 amide bonds. The summed E-state index contributed by atoms with van der Waals surface area (Å²) in [5.41, 5.74) is 3.99. The summed E-state index contributed by atoms with van der Waals surface area (Å²) >= 11 is 0. The van der Waals surface area contributed by atoms with E-state index in [0.717, 1.165) is 22.5 Å². The monoisotopic (exact) mass is 196 g/mol. The maximum absolute atomic E-state index is 8.94. The van der Waals surface area contributed by atoms with Crippen molar-refractivity contribution in [1.29, 1.82) is 5.26 Å². The predicted octanol–water partition coefficient (Wildman–Crippen LogP) is 2.87. The summed E-state index contributed by atoms with van der Waals surface area (Å²) < 4.78 is 2.05. The zero-order valence-electron chi connectivity index (χ0n) is 8.86. The third-order valence-electron chi connectivity index (χ3n) is 2.73. The summed E-state index contributed by atoms with van der Waals surface area (Å²) in [6.07, 6.45) is 0. The Hall–Kier alpha value is -2.01. The van der Waals surface area contributed by atoms with Gasteiger partial charge < -0.3 is 4.57 Å². The van der Waals surface area contributed by atoms with Crippen LogP contribution >= 0.6 is 0 Å². The normalized spacial score (nSPS) is 9.93. The summed E-state index contributed by atoms with van der Waals surface area (Å²) in [7, 11) is 1.98. The van der Waals surface area contributed by atoms with E-state index < -0.39 is 0 Å². The average molecular weight is 196 g/mol. The van der Waals surface area contributed by atoms with Crippen LogP contribution < -0.4 is 0 Å². The summed E-state index contributed by atoms with van der Waals surface area (Å²) in [5, 5.41) is 8.94. The van der Waals surface area contributed by atoms with Crippen LogP contribution in [-0.4, -0.2) is 4.57 Å². The fourth-order valence-corrected chi connectivity index (χ4v) is 1.70. The number of benzene rings is 1. The third-order valence-corrected chi connectivity index (χ3v) is 2.73. The second-order valence-electron chi connectivity index (χ2n) is 3.57. The van der Waals surface area contributed by atoms with E-state index in [2.05, 4.69) is 18.2 Å². The maximum atomic E-state index is 8.94. The van der Waals surface area contributed by atoms with E-state index in [4.69, 9.17) is 5.26 Å². The number of nitriles is 1. The molecule has 2 rings (SSSR count). The summed E-state index contributed by atoms with van der Waals surface area (Å²) in [6, 6.07) is 14.2. The van der Waals surface area contributed by atoms with Crippen molar-refractivity contribution >= 4 is 0 Å². The lowest BCUT2D eigenvalue weighted by molar-refractivity contribution is 0.889. The SMILES string of the molecule is Cc1c(C#N)cc(-c2ccccc2)n1C. The number of hydrogen-bond donors (Lipinski definition) is 0. The molecule has 0 saturated carbocycles. The van der Waals surface area contributed by atoms with E-state index in [1.807, 2.05) is 42.8 Å². The Morgan fingerprint density at radius 2 is 1.87 bits per heavy atom. The highest BCUT2D eigenvalue weighted by Gasteiger charge is 2.09. The first kappa shape index (κ1) is 9.54. The second kappa shape index (κ2) is 3.62. The van der Waals surface area contributed by atoms with Crippen LogP contribution in [-0.2, 0) is 7.05 Å². The van der Waals surface area contributed by atoms with Gasteiger partial charge in [0.25, 0.3) is 0 Å². The lowest BCUT2D eigenvalue weighted by atomic mass is 10.1. The highest BCUT2D eigenvalue weighted by Crippen LogP contribution is 2.23. The Morgan fingerprint density at radius 3 is 2.40 bits per heavy atom. The zero-order valence-corrected chi connectivity index (χ0v) is 8.86. The molecule has 2 heteroatoms. The van der Waals surface area contributed by atoms with Gasteiger partial charge >= 0.3 is 0 Å². The molecular formula is C13H12N2. The van der Waals surface area contributed by atoms with E-state index in [1.54, 1.807) is 0 Å². The lowest BCUT2D eigenvalue weighted by Crippen LogP contribution is -1.93. The molecule has 74 valence electrons. The summed E-state index contributed by atoms with van der Waals surface area (Å²) in [5.74, 6) is 0. The first-order valence-corrected chi connectivity index (χ1v) is 4.86. The minimum atomic E-state index is 0.747. The summed E-state index contributed by atoms with van der Waals surface area (Å²) in [6.45, 7) is 1.96. The van der Waals surface area contributed by atoms with Crippen LogP contribution in [0, 0.1) is 18.3 Å². The maximum Gasteiger partial charge on any atom is 0.101 e. The van der Waals surface area contributed by atoms with Crippen molar-refractivity contribution in [3.05, 3.63) is 47.7 Å². The Kier molecular flexibility index (Phi) is 2.31. The van der Waals surface area contributed by atoms with Crippen LogP contribution in [0.2, 0.25) is 0 Å². The van der Waals surface area contributed by atoms with Crippen molar-refractivity contribution in [2.24, 2.45) is 7.05 Å². The first-order chi connectivity index (χ1) is 7.24. The van der Waals surface area contributed by atoms with Gasteiger partial charge in [0.15, 0.2) is 0 Å². The standard InChI is InChI=1S/C13H12N2/c1-10-12(9-14)8-13(15(10)2)11-6-4-3-5-7-11/h3-8H,1-2H3. The molecule has 0 spiro atoms. The minimum absolute atomic E-state index is 0.747. The molecule has 0 unspecified atom stereocenters. The van der Waals surface area contributed by atoms with Gasteiger partial charge in [-0.1, -0.05) is 30.3 Å². The molecule has 0 fully saturated rings. The van der Waals surface area contributed by atoms with Gasteiger partial charge in [0.1, 0.15) is 6.07 Å². The summed E-state index contributed by atoms with van der Waals surface area (Å²) in [4.78, 5) is 0. The Balaban J connectivity index is 2.61. The molecule has 0 atom stereocenters. The van der Waals surface area contributed by atoms with E-state index in [0.29, 0.717) is 0 Å². The molecule has 0 aliphatic rings. The molecule has 0 radical (unpaired) electrons. The molecule has 0 aliphatic heterocycles. The largest absolute Gasteiger partial charge is 0.347 e. The van der Waals surface area contributed by atoms with Crippen molar-refractivity contribution in [1.82, 2.24) is 4.57 Å². The van der Waals surface area contributed by atoms with Crippen molar-refractivity contribution in [3.63, 3.8) is 0 Å². The molecular weight excluding hydrogens is 184 g/mol. The fourth-order valence-electron chi connectivity index (χ4n) is 1.70. The lowest BCUT2D eigenvalue weighted by Gasteiger charge is -2.04. The number of rotatable bonds is 1. The second-order valence-corrected chi connectivity index (χ2v) is 3.57. The van der Waals surface area contributed by atoms with E-state index in [9.17, 15) is 0 Å². The molecule has 1 heterocycles. The van der Waals surface area contributed by atoms with Gasteiger partial charge in [-0.3, -0.25) is 0 Å². The smallest absolute Gasteiger partial charge is 0.101 e. The van der Waals surface area contributed by atoms with E-state index in [-0.39, 0.29) is 0 Å². The van der Waals surface area contributed by atoms with Crippen LogP contribution in [0.1, 0.15) is 11.3 Å². The third kappa shape index (κ3) is 1.53. The van der Waals surface area contributed by atoms with Crippen molar-refractivity contribution in [2.75, 3.05) is 0 Å². The topological polar surface area (TPSA) is 28.7 Å². The van der Waals surface area contributed by atoms with Gasteiger partial charge in [-0.25, -0.2) is 0 Å². The number of hydrogen-bond acceptors (Lipinski definition) is 1. The Morgan fingerprint density at radius 1 is 1.20 bits per heavy atom. The highest BCUT2D eigenvalue weighted by molar-refractivity contribution is 5.63. The van der Waals surface area contributed by atoms with Gasteiger partial charge in [0.2, 0.25) is 0 Å². The van der Waals surface area contributed by atoms with Crippen molar-refractivity contribution < 1.29 is 0 Å². The van der Waals surface area contributed by atoms with Crippen molar-refractivity contribution in [3.8, 4) is 17.3 Å². The Labute approximate surface area is 89.4 Å². The van der Waals surface area contributed by atoms with Crippen LogP contribution in [0.15, 0.2) is 36.4 Å². The van der Waals surface area contributed by atoms with Crippen molar-refractivity contribution in [2.45, 2.75) is 6.92 Å². The zero-order chi connectivity index (χ0) is 10.8. The van der Waals surface area contributed by atoms with Crippen LogP contribution in [0.5, 0.6) is 0 Å². The first-order valence-electron chi connectivity index (χ1n) is 4.86. The molecule has 0 bridgehead atoms. The van der Waals surface area contributed by atoms with Gasteiger partial charge in [-0.05, 0) is 18.6 Å². The van der Waals surface area contributed by atoms with Crippen LogP contribution in [0.25, 0.3) is 11.3 Å². The molecule has 0 aliphatic carbocycles. The van der Waals surface area contributed by atoms with E-state index in [1.165, 1.54) is 0 Å². The molecule has 0 saturated heterocycles. The van der Waals surface area contributed by atoms with Crippen LogP contribution in [0.3, 0.4) is 0 Å². The quantitative estimate of drug-likeness (QED) is 0.689. The molecule has 2 aromatic rings. The number of nitrogens with zero attached hydrogens (tertiary/aromatic N) is 2. The fraction of sp³-hybridized carbons (Fsp3) is 0.154.